The van der Waals surface area contributed by atoms with Crippen LogP contribution in [0.25, 0.3) is 0 Å². The highest BCUT2D eigenvalue weighted by atomic mass is 16.3. The van der Waals surface area contributed by atoms with Crippen molar-refractivity contribution in [2.45, 2.75) is 115 Å². The molecule has 0 aromatic heterocycles. The summed E-state index contributed by atoms with van der Waals surface area (Å²) in [6.07, 6.45) is 0.826. The third-order valence-corrected chi connectivity index (χ3v) is 11.4. The summed E-state index contributed by atoms with van der Waals surface area (Å²) >= 11 is 0. The molecule has 0 aromatic rings. The molecule has 0 amide bonds. The summed E-state index contributed by atoms with van der Waals surface area (Å²) in [5, 5.41) is 75.6. The summed E-state index contributed by atoms with van der Waals surface area (Å²) in [6, 6.07) is 0. The highest BCUT2D eigenvalue weighted by Crippen LogP contribution is 2.69. The van der Waals surface area contributed by atoms with E-state index in [1.54, 1.807) is 0 Å². The van der Waals surface area contributed by atoms with Crippen molar-refractivity contribution in [3.05, 3.63) is 0 Å². The van der Waals surface area contributed by atoms with E-state index >= 15 is 0 Å². The van der Waals surface area contributed by atoms with Crippen LogP contribution in [0, 0.1) is 46.3 Å². The molecule has 0 bridgehead atoms. The SMILES string of the molecule is C[C@H](CO)[C@H](O)CC[C@@H](C)[C@H]1C[C@@H](O)[C@@H]2[C@]1(C)CC[C@H]1[C@@]2(O)C[C@H](O)C2[C@@H](O)[C@@H](O)CC[C@@]21C. The van der Waals surface area contributed by atoms with Gasteiger partial charge in [-0.3, -0.25) is 0 Å². The molecule has 0 aromatic carbocycles. The van der Waals surface area contributed by atoms with Gasteiger partial charge in [0.15, 0.2) is 0 Å². The minimum Gasteiger partial charge on any atom is -0.396 e. The molecule has 0 radical (unpaired) electrons. The Morgan fingerprint density at radius 1 is 0.882 bits per heavy atom. The first kappa shape index (κ1) is 26.8. The molecule has 14 atom stereocenters. The van der Waals surface area contributed by atoms with Gasteiger partial charge in [-0.1, -0.05) is 27.7 Å². The minimum absolute atomic E-state index is 0.0420. The topological polar surface area (TPSA) is 142 Å². The summed E-state index contributed by atoms with van der Waals surface area (Å²) in [5.41, 5.74) is -2.01. The second-order valence-corrected chi connectivity index (χ2v) is 13.2. The van der Waals surface area contributed by atoms with Crippen molar-refractivity contribution in [2.75, 3.05) is 6.61 Å². The molecule has 0 spiro atoms. The molecule has 4 aliphatic rings. The van der Waals surface area contributed by atoms with Crippen molar-refractivity contribution in [2.24, 2.45) is 46.3 Å². The lowest BCUT2D eigenvalue weighted by molar-refractivity contribution is -0.280. The van der Waals surface area contributed by atoms with Gasteiger partial charge in [0.2, 0.25) is 0 Å². The van der Waals surface area contributed by atoms with E-state index in [4.69, 9.17) is 0 Å². The van der Waals surface area contributed by atoms with Gasteiger partial charge in [-0.2, -0.15) is 0 Å². The predicted molar refractivity (Wildman–Crippen MR) is 128 cm³/mol. The van der Waals surface area contributed by atoms with Gasteiger partial charge in [0, 0.05) is 30.8 Å². The maximum atomic E-state index is 12.3. The van der Waals surface area contributed by atoms with Gasteiger partial charge in [-0.25, -0.2) is 0 Å². The van der Waals surface area contributed by atoms with Crippen LogP contribution in [0.2, 0.25) is 0 Å². The Morgan fingerprint density at radius 3 is 2.18 bits per heavy atom. The standard InChI is InChI=1S/C27H48O7/c1-14(5-6-17(29)15(2)13-28)16-11-19(31)24-25(16,3)10-8-21-26(4)9-7-18(30)23(33)22(26)20(32)12-27(21,24)34/h14-24,28-34H,5-13H2,1-4H3/t14-,15-,16-,17-,18+,19-,20+,21-,22?,23+,24-,25-,26-,27+/m1/s1. The second kappa shape index (κ2) is 9.23. The molecule has 0 aliphatic heterocycles. The van der Waals surface area contributed by atoms with E-state index in [0.29, 0.717) is 25.7 Å². The van der Waals surface area contributed by atoms with Crippen molar-refractivity contribution < 1.29 is 35.7 Å². The van der Waals surface area contributed by atoms with E-state index in [1.807, 2.05) is 6.92 Å². The van der Waals surface area contributed by atoms with E-state index < -0.39 is 47.5 Å². The smallest absolute Gasteiger partial charge is 0.0857 e. The Morgan fingerprint density at radius 2 is 1.53 bits per heavy atom. The van der Waals surface area contributed by atoms with Gasteiger partial charge in [-0.05, 0) is 73.5 Å². The Kier molecular flexibility index (Phi) is 7.27. The Balaban J connectivity index is 1.59. The summed E-state index contributed by atoms with van der Waals surface area (Å²) in [7, 11) is 0. The molecule has 7 heteroatoms. The maximum absolute atomic E-state index is 12.3. The van der Waals surface area contributed by atoms with Crippen molar-refractivity contribution in [3.8, 4) is 0 Å². The van der Waals surface area contributed by atoms with E-state index in [-0.39, 0.29) is 48.0 Å². The quantitative estimate of drug-likeness (QED) is 0.302. The van der Waals surface area contributed by atoms with Crippen LogP contribution >= 0.6 is 0 Å². The Labute approximate surface area is 204 Å². The fourth-order valence-corrected chi connectivity index (χ4v) is 9.56. The number of fused-ring (bicyclic) bond motifs is 5. The number of rotatable bonds is 6. The van der Waals surface area contributed by atoms with Crippen molar-refractivity contribution in [1.82, 2.24) is 0 Å². The second-order valence-electron chi connectivity index (χ2n) is 13.2. The lowest BCUT2D eigenvalue weighted by atomic mass is 9.41. The van der Waals surface area contributed by atoms with Gasteiger partial charge in [0.05, 0.1) is 36.1 Å². The molecule has 198 valence electrons. The normalized spacial score (nSPS) is 53.4. The molecule has 1 unspecified atom stereocenters. The number of hydrogen-bond acceptors (Lipinski definition) is 7. The van der Waals surface area contributed by atoms with E-state index in [9.17, 15) is 35.7 Å². The third kappa shape index (κ3) is 3.89. The molecule has 7 N–H and O–H groups in total. The molecule has 4 rings (SSSR count). The largest absolute Gasteiger partial charge is 0.396 e. The first-order valence-electron chi connectivity index (χ1n) is 13.5. The third-order valence-electron chi connectivity index (χ3n) is 11.4. The average molecular weight is 485 g/mol. The van der Waals surface area contributed by atoms with Crippen molar-refractivity contribution >= 4 is 0 Å². The molecular formula is C27H48O7. The first-order chi connectivity index (χ1) is 15.8. The molecular weight excluding hydrogens is 436 g/mol. The molecule has 4 fully saturated rings. The summed E-state index contributed by atoms with van der Waals surface area (Å²) in [5.74, 6) is -0.713. The van der Waals surface area contributed by atoms with Crippen LogP contribution < -0.4 is 0 Å². The predicted octanol–water partition coefficient (Wildman–Crippen LogP) is 1.44. The minimum atomic E-state index is -1.22. The summed E-state index contributed by atoms with van der Waals surface area (Å²) in [4.78, 5) is 0. The average Bonchev–Trinajstić information content (AvgIpc) is 3.05. The highest BCUT2D eigenvalue weighted by molar-refractivity contribution is 5.20. The molecule has 0 heterocycles. The van der Waals surface area contributed by atoms with Gasteiger partial charge < -0.3 is 35.7 Å². The number of aliphatic hydroxyl groups excluding tert-OH is 6. The monoisotopic (exact) mass is 484 g/mol. The first-order valence-corrected chi connectivity index (χ1v) is 13.5. The van der Waals surface area contributed by atoms with E-state index in [0.717, 1.165) is 19.3 Å². The molecule has 0 saturated heterocycles. The zero-order valence-electron chi connectivity index (χ0n) is 21.3. The van der Waals surface area contributed by atoms with Gasteiger partial charge >= 0.3 is 0 Å². The van der Waals surface area contributed by atoms with Gasteiger partial charge in [0.25, 0.3) is 0 Å². The number of hydrogen-bond donors (Lipinski definition) is 7. The zero-order chi connectivity index (χ0) is 25.2. The summed E-state index contributed by atoms with van der Waals surface area (Å²) in [6.45, 7) is 8.21. The van der Waals surface area contributed by atoms with E-state index in [2.05, 4.69) is 20.8 Å². The Bertz CT molecular complexity index is 734. The van der Waals surface area contributed by atoms with Crippen LogP contribution in [0.1, 0.15) is 79.1 Å². The van der Waals surface area contributed by atoms with Crippen LogP contribution in [-0.4, -0.2) is 78.5 Å². The molecule has 4 saturated carbocycles. The number of aliphatic hydroxyl groups is 7. The lowest BCUT2D eigenvalue weighted by Crippen LogP contribution is -2.70. The highest BCUT2D eigenvalue weighted by Gasteiger charge is 2.71. The van der Waals surface area contributed by atoms with Crippen molar-refractivity contribution in [1.29, 1.82) is 0 Å². The van der Waals surface area contributed by atoms with Crippen LogP contribution in [0.5, 0.6) is 0 Å². The van der Waals surface area contributed by atoms with Crippen molar-refractivity contribution in [3.63, 3.8) is 0 Å². The van der Waals surface area contributed by atoms with Crippen LogP contribution in [0.4, 0.5) is 0 Å². The zero-order valence-corrected chi connectivity index (χ0v) is 21.3. The van der Waals surface area contributed by atoms with Crippen LogP contribution in [-0.2, 0) is 0 Å². The fourth-order valence-electron chi connectivity index (χ4n) is 9.56. The lowest BCUT2D eigenvalue weighted by Gasteiger charge is -2.66. The summed E-state index contributed by atoms with van der Waals surface area (Å²) < 4.78 is 0. The maximum Gasteiger partial charge on any atom is 0.0857 e. The van der Waals surface area contributed by atoms with Crippen LogP contribution in [0.3, 0.4) is 0 Å². The Hall–Kier alpha value is -0.280. The van der Waals surface area contributed by atoms with Crippen LogP contribution in [0.15, 0.2) is 0 Å². The van der Waals surface area contributed by atoms with Gasteiger partial charge in [-0.15, -0.1) is 0 Å². The molecule has 34 heavy (non-hydrogen) atoms. The molecule has 7 nitrogen and oxygen atoms in total. The van der Waals surface area contributed by atoms with Gasteiger partial charge in [0.1, 0.15) is 0 Å². The molecule has 4 aliphatic carbocycles. The van der Waals surface area contributed by atoms with E-state index in [1.165, 1.54) is 0 Å². The fraction of sp³-hybridized carbons (Fsp3) is 1.00.